The first-order valence-electron chi connectivity index (χ1n) is 8.30. The van der Waals surface area contributed by atoms with Gasteiger partial charge in [-0.2, -0.15) is 0 Å². The van der Waals surface area contributed by atoms with Crippen molar-refractivity contribution in [2.75, 3.05) is 11.9 Å². The minimum absolute atomic E-state index is 0.165. The zero-order chi connectivity index (χ0) is 19.6. The van der Waals surface area contributed by atoms with Crippen LogP contribution in [0.25, 0.3) is 5.57 Å². The zero-order valence-electron chi connectivity index (χ0n) is 14.6. The summed E-state index contributed by atoms with van der Waals surface area (Å²) in [6.45, 7) is 5.71. The average molecular weight is 406 g/mol. The van der Waals surface area contributed by atoms with Crippen molar-refractivity contribution in [1.82, 2.24) is 4.98 Å². The second-order valence-corrected chi connectivity index (χ2v) is 9.21. The van der Waals surface area contributed by atoms with Gasteiger partial charge >= 0.3 is 5.97 Å². The summed E-state index contributed by atoms with van der Waals surface area (Å²) in [5.74, 6) is -0.987. The summed E-state index contributed by atoms with van der Waals surface area (Å²) in [6.07, 6.45) is 2.72. The van der Waals surface area contributed by atoms with Crippen molar-refractivity contribution in [3.05, 3.63) is 47.5 Å². The molecule has 1 aromatic heterocycles. The number of rotatable bonds is 7. The van der Waals surface area contributed by atoms with Crippen LogP contribution in [0, 0.1) is 0 Å². The van der Waals surface area contributed by atoms with Gasteiger partial charge in [-0.05, 0) is 37.5 Å². The number of hydrogen-bond acceptors (Lipinski definition) is 7. The molecule has 2 aromatic rings. The van der Waals surface area contributed by atoms with Gasteiger partial charge in [0.1, 0.15) is 4.88 Å². The van der Waals surface area contributed by atoms with E-state index in [2.05, 4.69) is 16.9 Å². The second kappa shape index (κ2) is 7.61. The number of thiazole rings is 1. The van der Waals surface area contributed by atoms with Gasteiger partial charge in [-0.3, -0.25) is 10.1 Å². The predicted molar refractivity (Wildman–Crippen MR) is 102 cm³/mol. The van der Waals surface area contributed by atoms with Crippen molar-refractivity contribution in [2.24, 2.45) is 0 Å². The van der Waals surface area contributed by atoms with E-state index < -0.39 is 21.7 Å². The van der Waals surface area contributed by atoms with E-state index in [1.807, 2.05) is 0 Å². The highest BCUT2D eigenvalue weighted by Gasteiger charge is 2.36. The Kier molecular flexibility index (Phi) is 5.43. The van der Waals surface area contributed by atoms with E-state index >= 15 is 0 Å². The number of anilines is 1. The van der Waals surface area contributed by atoms with E-state index in [0.717, 1.165) is 11.3 Å². The molecule has 0 radical (unpaired) electrons. The maximum Gasteiger partial charge on any atom is 0.350 e. The molecule has 1 fully saturated rings. The lowest BCUT2D eigenvalue weighted by Gasteiger charge is -2.07. The fourth-order valence-corrected chi connectivity index (χ4v) is 4.71. The van der Waals surface area contributed by atoms with Crippen molar-refractivity contribution in [2.45, 2.75) is 29.9 Å². The summed E-state index contributed by atoms with van der Waals surface area (Å²) in [6, 6.07) is 6.10. The Bertz CT molecular complexity index is 989. The molecular formula is C18H18N2O5S2. The Balaban J connectivity index is 1.67. The highest BCUT2D eigenvalue weighted by Crippen LogP contribution is 2.33. The smallest absolute Gasteiger partial charge is 0.350 e. The molecule has 0 atom stereocenters. The quantitative estimate of drug-likeness (QED) is 0.560. The van der Waals surface area contributed by atoms with Crippen LogP contribution >= 0.6 is 11.3 Å². The summed E-state index contributed by atoms with van der Waals surface area (Å²) in [7, 11) is -3.27. The van der Waals surface area contributed by atoms with Crippen LogP contribution in [-0.4, -0.2) is 37.1 Å². The molecule has 1 aliphatic rings. The maximum atomic E-state index is 12.3. The molecule has 1 heterocycles. The zero-order valence-corrected chi connectivity index (χ0v) is 16.2. The summed E-state index contributed by atoms with van der Waals surface area (Å²) >= 11 is 1.000. The third kappa shape index (κ3) is 4.25. The van der Waals surface area contributed by atoms with E-state index in [0.29, 0.717) is 18.4 Å². The van der Waals surface area contributed by atoms with Crippen LogP contribution < -0.4 is 5.32 Å². The Hall–Kier alpha value is -2.52. The van der Waals surface area contributed by atoms with Crippen molar-refractivity contribution >= 4 is 43.8 Å². The third-order valence-electron chi connectivity index (χ3n) is 3.97. The summed E-state index contributed by atoms with van der Waals surface area (Å²) in [4.78, 5) is 28.5. The lowest BCUT2D eigenvalue weighted by Crippen LogP contribution is -2.13. The molecule has 3 rings (SSSR count). The molecule has 1 amide bonds. The minimum Gasteiger partial charge on any atom is -0.462 e. The number of aromatic nitrogens is 1. The first-order valence-corrected chi connectivity index (χ1v) is 10.7. The molecule has 1 N–H and O–H groups in total. The van der Waals surface area contributed by atoms with Crippen LogP contribution in [0.1, 0.15) is 35.0 Å². The van der Waals surface area contributed by atoms with Gasteiger partial charge in [-0.25, -0.2) is 18.2 Å². The number of nitrogens with one attached hydrogen (secondary N) is 1. The van der Waals surface area contributed by atoms with Crippen LogP contribution in [-0.2, 0) is 19.4 Å². The van der Waals surface area contributed by atoms with E-state index in [1.165, 1.54) is 18.3 Å². The van der Waals surface area contributed by atoms with E-state index in [4.69, 9.17) is 4.74 Å². The van der Waals surface area contributed by atoms with Gasteiger partial charge in [0.15, 0.2) is 15.0 Å². The lowest BCUT2D eigenvalue weighted by molar-refractivity contribution is -0.111. The molecule has 27 heavy (non-hydrogen) atoms. The fraction of sp³-hybridized carbons (Fsp3) is 0.278. The molecule has 7 nitrogen and oxygen atoms in total. The Morgan fingerprint density at radius 1 is 1.30 bits per heavy atom. The lowest BCUT2D eigenvalue weighted by atomic mass is 10.1. The maximum absolute atomic E-state index is 12.3. The van der Waals surface area contributed by atoms with E-state index in [-0.39, 0.29) is 32.3 Å². The minimum atomic E-state index is -3.27. The van der Waals surface area contributed by atoms with Gasteiger partial charge in [-0.15, -0.1) is 0 Å². The first-order chi connectivity index (χ1) is 12.8. The summed E-state index contributed by atoms with van der Waals surface area (Å²) < 4.78 is 29.3. The second-order valence-electron chi connectivity index (χ2n) is 5.95. The van der Waals surface area contributed by atoms with Crippen LogP contribution in [0.4, 0.5) is 5.13 Å². The molecular weight excluding hydrogens is 388 g/mol. The van der Waals surface area contributed by atoms with Crippen LogP contribution in [0.5, 0.6) is 0 Å². The topological polar surface area (TPSA) is 102 Å². The third-order valence-corrected chi connectivity index (χ3v) is 7.14. The first kappa shape index (κ1) is 19.2. The number of carbonyl (C=O) groups excluding carboxylic acids is 2. The SMILES string of the molecule is C=C(C(=O)Nc1ncc(C(=O)OCC)s1)c1ccc(S(=O)(=O)C2CC2)cc1. The number of carbonyl (C=O) groups is 2. The molecule has 1 aliphatic carbocycles. The Morgan fingerprint density at radius 2 is 1.96 bits per heavy atom. The number of hydrogen-bond donors (Lipinski definition) is 1. The van der Waals surface area contributed by atoms with Crippen LogP contribution in [0.3, 0.4) is 0 Å². The largest absolute Gasteiger partial charge is 0.462 e. The van der Waals surface area contributed by atoms with E-state index in [1.54, 1.807) is 19.1 Å². The molecule has 1 aromatic carbocycles. The Morgan fingerprint density at radius 3 is 2.56 bits per heavy atom. The van der Waals surface area contributed by atoms with Gasteiger partial charge in [-0.1, -0.05) is 30.0 Å². The molecule has 142 valence electrons. The van der Waals surface area contributed by atoms with Crippen LogP contribution in [0.2, 0.25) is 0 Å². The summed E-state index contributed by atoms with van der Waals surface area (Å²) in [5, 5.41) is 2.54. The number of nitrogens with zero attached hydrogens (tertiary/aromatic N) is 1. The predicted octanol–water partition coefficient (Wildman–Crippen LogP) is 2.91. The fourth-order valence-electron chi connectivity index (χ4n) is 2.35. The molecule has 0 unspecified atom stereocenters. The van der Waals surface area contributed by atoms with Crippen molar-refractivity contribution in [3.8, 4) is 0 Å². The Labute approximate surface area is 161 Å². The molecule has 1 saturated carbocycles. The number of esters is 1. The van der Waals surface area contributed by atoms with Crippen LogP contribution in [0.15, 0.2) is 41.9 Å². The van der Waals surface area contributed by atoms with Gasteiger partial charge in [0.05, 0.1) is 22.9 Å². The monoisotopic (exact) mass is 406 g/mol. The average Bonchev–Trinajstić information content (AvgIpc) is 3.42. The van der Waals surface area contributed by atoms with Gasteiger partial charge in [0.2, 0.25) is 0 Å². The van der Waals surface area contributed by atoms with Gasteiger partial charge in [0.25, 0.3) is 5.91 Å². The molecule has 0 spiro atoms. The standard InChI is InChI=1S/C18H18N2O5S2/c1-3-25-17(22)15-10-19-18(26-15)20-16(21)11(2)12-4-6-13(7-5-12)27(23,24)14-8-9-14/h4-7,10,14H,2-3,8-9H2,1H3,(H,19,20,21). The van der Waals surface area contributed by atoms with Crippen molar-refractivity contribution in [3.63, 3.8) is 0 Å². The molecule has 9 heteroatoms. The molecule has 0 saturated heterocycles. The van der Waals surface area contributed by atoms with E-state index in [9.17, 15) is 18.0 Å². The number of benzene rings is 1. The molecule has 0 bridgehead atoms. The number of sulfone groups is 1. The highest BCUT2D eigenvalue weighted by molar-refractivity contribution is 7.92. The van der Waals surface area contributed by atoms with Gasteiger partial charge in [0, 0.05) is 5.57 Å². The summed E-state index contributed by atoms with van der Waals surface area (Å²) in [5.41, 5.74) is 0.669. The molecule has 0 aliphatic heterocycles. The van der Waals surface area contributed by atoms with Gasteiger partial charge < -0.3 is 4.74 Å². The highest BCUT2D eigenvalue weighted by atomic mass is 32.2. The van der Waals surface area contributed by atoms with Crippen molar-refractivity contribution in [1.29, 1.82) is 0 Å². The van der Waals surface area contributed by atoms with Crippen molar-refractivity contribution < 1.29 is 22.7 Å². The number of ether oxygens (including phenoxy) is 1. The normalized spacial score (nSPS) is 13.8. The number of amides is 1.